The van der Waals surface area contributed by atoms with Gasteiger partial charge in [-0.2, -0.15) is 0 Å². The molecule has 0 amide bonds. The number of thioether (sulfide) groups is 1. The Morgan fingerprint density at radius 2 is 1.97 bits per heavy atom. The lowest BCUT2D eigenvalue weighted by atomic mass is 10.1. The minimum absolute atomic E-state index is 0.341. The summed E-state index contributed by atoms with van der Waals surface area (Å²) in [5.74, 6) is 1.23. The van der Waals surface area contributed by atoms with E-state index in [-0.39, 0.29) is 6.61 Å². The monoisotopic (exact) mass is 532 g/mol. The van der Waals surface area contributed by atoms with Crippen LogP contribution in [0.15, 0.2) is 87.5 Å². The van der Waals surface area contributed by atoms with Crippen LogP contribution in [0.3, 0.4) is 0 Å². The van der Waals surface area contributed by atoms with Crippen LogP contribution < -0.4 is 4.74 Å². The molecule has 3 heterocycles. The fraction of sp³-hybridized carbons (Fsp3) is 0.138. The van der Waals surface area contributed by atoms with Gasteiger partial charge in [0.2, 0.25) is 0 Å². The lowest BCUT2D eigenvalue weighted by Crippen LogP contribution is -2.09. The minimum Gasteiger partial charge on any atom is -0.482 e. The summed E-state index contributed by atoms with van der Waals surface area (Å²) in [6.07, 6.45) is 2.21. The standard InChI is InChI=1S/C29H24O4S3/c1-18-14-22(7-9-24(18)32-17-29(30)31)34-13-11-23(28-4-3-12-35-28)26-16-21-15-20(6-8-25(21)33-26)27-10-5-19(2)36-27/h3-12,14-16H,13,17H2,1-2H3,(H,30,31). The smallest absolute Gasteiger partial charge is 0.341 e. The molecule has 0 unspecified atom stereocenters. The number of rotatable bonds is 9. The van der Waals surface area contributed by atoms with Gasteiger partial charge in [0.15, 0.2) is 6.61 Å². The van der Waals surface area contributed by atoms with Crippen molar-refractivity contribution in [3.05, 3.63) is 99.3 Å². The highest BCUT2D eigenvalue weighted by Gasteiger charge is 2.14. The number of hydrogen-bond acceptors (Lipinski definition) is 6. The van der Waals surface area contributed by atoms with E-state index in [1.807, 2.05) is 25.1 Å². The molecule has 0 aliphatic carbocycles. The van der Waals surface area contributed by atoms with Crippen molar-refractivity contribution in [2.24, 2.45) is 0 Å². The summed E-state index contributed by atoms with van der Waals surface area (Å²) in [4.78, 5) is 15.6. The van der Waals surface area contributed by atoms with E-state index in [1.54, 1.807) is 34.4 Å². The van der Waals surface area contributed by atoms with Crippen molar-refractivity contribution in [3.63, 3.8) is 0 Å². The van der Waals surface area contributed by atoms with E-state index in [0.717, 1.165) is 43.4 Å². The molecule has 0 saturated heterocycles. The summed E-state index contributed by atoms with van der Waals surface area (Å²) in [6.45, 7) is 3.71. The average molecular weight is 533 g/mol. The van der Waals surface area contributed by atoms with Crippen LogP contribution in [0, 0.1) is 13.8 Å². The third kappa shape index (κ3) is 5.59. The molecule has 0 aliphatic rings. The Balaban J connectivity index is 1.38. The number of carboxylic acids is 1. The van der Waals surface area contributed by atoms with Crippen LogP contribution in [0.25, 0.3) is 27.0 Å². The summed E-state index contributed by atoms with van der Waals surface area (Å²) >= 11 is 5.21. The molecule has 0 atom stereocenters. The van der Waals surface area contributed by atoms with Crippen LogP contribution >= 0.6 is 34.4 Å². The first-order valence-corrected chi connectivity index (χ1v) is 14.1. The first-order chi connectivity index (χ1) is 17.5. The molecule has 0 bridgehead atoms. The molecule has 182 valence electrons. The highest BCUT2D eigenvalue weighted by Crippen LogP contribution is 2.36. The highest BCUT2D eigenvalue weighted by molar-refractivity contribution is 7.99. The molecule has 5 rings (SSSR count). The van der Waals surface area contributed by atoms with Crippen molar-refractivity contribution in [2.75, 3.05) is 12.4 Å². The number of carboxylic acid groups (broad SMARTS) is 1. The van der Waals surface area contributed by atoms with Crippen molar-refractivity contribution in [2.45, 2.75) is 18.7 Å². The Bertz CT molecular complexity index is 1540. The molecule has 5 aromatic rings. The number of aryl methyl sites for hydroxylation is 2. The molecule has 0 radical (unpaired) electrons. The number of aliphatic carboxylic acids is 1. The fourth-order valence-electron chi connectivity index (χ4n) is 3.91. The van der Waals surface area contributed by atoms with Gasteiger partial charge >= 0.3 is 5.97 Å². The normalized spacial score (nSPS) is 11.8. The molecule has 7 heteroatoms. The predicted octanol–water partition coefficient (Wildman–Crippen LogP) is 8.53. The molecule has 3 aromatic heterocycles. The van der Waals surface area contributed by atoms with E-state index in [0.29, 0.717) is 5.75 Å². The predicted molar refractivity (Wildman–Crippen MR) is 151 cm³/mol. The van der Waals surface area contributed by atoms with Gasteiger partial charge in [0, 0.05) is 36.2 Å². The molecule has 0 saturated carbocycles. The summed E-state index contributed by atoms with van der Waals surface area (Å²) in [7, 11) is 0. The molecule has 0 spiro atoms. The largest absolute Gasteiger partial charge is 0.482 e. The molecule has 1 N–H and O–H groups in total. The van der Waals surface area contributed by atoms with Gasteiger partial charge in [-0.15, -0.1) is 34.4 Å². The van der Waals surface area contributed by atoms with Crippen LogP contribution in [0.5, 0.6) is 5.75 Å². The van der Waals surface area contributed by atoms with Crippen LogP contribution in [0.4, 0.5) is 0 Å². The third-order valence-corrected chi connectivity index (χ3v) is 8.50. The fourth-order valence-corrected chi connectivity index (χ4v) is 6.41. The maximum absolute atomic E-state index is 10.8. The lowest BCUT2D eigenvalue weighted by Gasteiger charge is -2.08. The first kappa shape index (κ1) is 24.4. The molecule has 4 nitrogen and oxygen atoms in total. The molecule has 0 aliphatic heterocycles. The van der Waals surface area contributed by atoms with Gasteiger partial charge < -0.3 is 14.3 Å². The topological polar surface area (TPSA) is 59.7 Å². The second-order valence-electron chi connectivity index (χ2n) is 8.29. The zero-order valence-electron chi connectivity index (χ0n) is 19.8. The van der Waals surface area contributed by atoms with Gasteiger partial charge in [0.25, 0.3) is 0 Å². The summed E-state index contributed by atoms with van der Waals surface area (Å²) in [6, 6.07) is 22.8. The van der Waals surface area contributed by atoms with Crippen LogP contribution in [-0.4, -0.2) is 23.4 Å². The number of thiophene rings is 2. The Morgan fingerprint density at radius 3 is 2.69 bits per heavy atom. The molecular weight excluding hydrogens is 509 g/mol. The Hall–Kier alpha value is -3.26. The van der Waals surface area contributed by atoms with E-state index in [9.17, 15) is 4.79 Å². The maximum Gasteiger partial charge on any atom is 0.341 e. The maximum atomic E-state index is 10.8. The Kier molecular flexibility index (Phi) is 7.32. The number of fused-ring (bicyclic) bond motifs is 1. The summed E-state index contributed by atoms with van der Waals surface area (Å²) < 4.78 is 11.6. The van der Waals surface area contributed by atoms with Crippen LogP contribution in [-0.2, 0) is 4.79 Å². The number of hydrogen-bond donors (Lipinski definition) is 1. The lowest BCUT2D eigenvalue weighted by molar-refractivity contribution is -0.139. The molecule has 2 aromatic carbocycles. The highest BCUT2D eigenvalue weighted by atomic mass is 32.2. The van der Waals surface area contributed by atoms with E-state index >= 15 is 0 Å². The van der Waals surface area contributed by atoms with Gasteiger partial charge in [-0.25, -0.2) is 4.79 Å². The van der Waals surface area contributed by atoms with E-state index in [1.165, 1.54) is 15.3 Å². The van der Waals surface area contributed by atoms with Gasteiger partial charge in [0.1, 0.15) is 17.1 Å². The Labute approximate surface area is 221 Å². The molecular formula is C29H24O4S3. The molecule has 36 heavy (non-hydrogen) atoms. The van der Waals surface area contributed by atoms with Crippen molar-refractivity contribution >= 4 is 56.9 Å². The van der Waals surface area contributed by atoms with Gasteiger partial charge in [-0.3, -0.25) is 0 Å². The second-order valence-corrected chi connectivity index (χ2v) is 11.6. The summed E-state index contributed by atoms with van der Waals surface area (Å²) in [5.41, 5.74) is 4.08. The quantitative estimate of drug-likeness (QED) is 0.193. The number of benzene rings is 2. The van der Waals surface area contributed by atoms with E-state index in [4.69, 9.17) is 14.3 Å². The summed E-state index contributed by atoms with van der Waals surface area (Å²) in [5, 5.41) is 12.0. The SMILES string of the molecule is Cc1ccc(-c2ccc3oc(C(=CCSc4ccc(OCC(=O)O)c(C)c4)c4cccs4)cc3c2)s1. The zero-order valence-corrected chi connectivity index (χ0v) is 22.3. The average Bonchev–Trinajstić information content (AvgIpc) is 3.61. The number of carbonyl (C=O) groups is 1. The molecule has 0 fully saturated rings. The number of furan rings is 1. The van der Waals surface area contributed by atoms with E-state index in [2.05, 4.69) is 66.9 Å². The number of ether oxygens (including phenoxy) is 1. The Morgan fingerprint density at radius 1 is 1.08 bits per heavy atom. The second kappa shape index (κ2) is 10.8. The zero-order chi connectivity index (χ0) is 25.1. The van der Waals surface area contributed by atoms with E-state index < -0.39 is 5.97 Å². The van der Waals surface area contributed by atoms with Gasteiger partial charge in [0.05, 0.1) is 0 Å². The first-order valence-electron chi connectivity index (χ1n) is 11.4. The van der Waals surface area contributed by atoms with Crippen molar-refractivity contribution in [1.82, 2.24) is 0 Å². The minimum atomic E-state index is -0.984. The third-order valence-electron chi connectivity index (χ3n) is 5.63. The van der Waals surface area contributed by atoms with Crippen molar-refractivity contribution < 1.29 is 19.1 Å². The van der Waals surface area contributed by atoms with Crippen molar-refractivity contribution in [1.29, 1.82) is 0 Å². The van der Waals surface area contributed by atoms with Crippen LogP contribution in [0.1, 0.15) is 21.1 Å². The van der Waals surface area contributed by atoms with Gasteiger partial charge in [-0.05, 0) is 91.0 Å². The van der Waals surface area contributed by atoms with Gasteiger partial charge in [-0.1, -0.05) is 12.1 Å². The van der Waals surface area contributed by atoms with Crippen molar-refractivity contribution in [3.8, 4) is 16.2 Å². The van der Waals surface area contributed by atoms with Crippen LogP contribution in [0.2, 0.25) is 0 Å².